The fourth-order valence-corrected chi connectivity index (χ4v) is 3.50. The molecule has 2 aromatic carbocycles. The van der Waals surface area contributed by atoms with Gasteiger partial charge >= 0.3 is 5.97 Å². The first kappa shape index (κ1) is 19.9. The molecule has 3 aromatic rings. The van der Waals surface area contributed by atoms with Crippen molar-refractivity contribution in [1.82, 2.24) is 9.88 Å². The van der Waals surface area contributed by atoms with Crippen molar-refractivity contribution in [3.8, 4) is 0 Å². The van der Waals surface area contributed by atoms with E-state index in [0.29, 0.717) is 0 Å². The molecule has 4 heteroatoms. The number of hydrogen-bond donors (Lipinski definition) is 1. The highest BCUT2D eigenvalue weighted by Gasteiger charge is 2.10. The zero-order chi connectivity index (χ0) is 19.9. The van der Waals surface area contributed by atoms with Gasteiger partial charge in [0.2, 0.25) is 0 Å². The Kier molecular flexibility index (Phi) is 6.66. The van der Waals surface area contributed by atoms with Crippen LogP contribution in [-0.2, 0) is 22.5 Å². The number of rotatable bonds is 8. The zero-order valence-corrected chi connectivity index (χ0v) is 16.9. The van der Waals surface area contributed by atoms with E-state index in [0.717, 1.165) is 31.6 Å². The van der Waals surface area contributed by atoms with Gasteiger partial charge in [-0.25, -0.2) is 4.79 Å². The van der Waals surface area contributed by atoms with Crippen LogP contribution in [0.3, 0.4) is 0 Å². The molecule has 0 radical (unpaired) electrons. The number of carbonyl (C=O) groups excluding carboxylic acids is 1. The minimum atomic E-state index is -0.339. The van der Waals surface area contributed by atoms with Gasteiger partial charge in [0.1, 0.15) is 0 Å². The van der Waals surface area contributed by atoms with E-state index in [4.69, 9.17) is 0 Å². The molecule has 1 aromatic heterocycles. The number of benzene rings is 2. The molecule has 0 fully saturated rings. The van der Waals surface area contributed by atoms with Gasteiger partial charge in [0.15, 0.2) is 0 Å². The minimum absolute atomic E-state index is 0.339. The van der Waals surface area contributed by atoms with Gasteiger partial charge < -0.3 is 9.72 Å². The number of likely N-dealkylation sites (N-methyl/N-ethyl adjacent to an activating group) is 1. The third kappa shape index (κ3) is 4.90. The molecule has 0 aliphatic rings. The van der Waals surface area contributed by atoms with Crippen LogP contribution in [0.1, 0.15) is 29.3 Å². The third-order valence-electron chi connectivity index (χ3n) is 5.15. The number of hydrogen-bond acceptors (Lipinski definition) is 3. The van der Waals surface area contributed by atoms with Crippen LogP contribution in [0.25, 0.3) is 17.0 Å². The zero-order valence-electron chi connectivity index (χ0n) is 16.9. The fourth-order valence-electron chi connectivity index (χ4n) is 3.50. The number of methoxy groups -OCH3 is 1. The van der Waals surface area contributed by atoms with Gasteiger partial charge in [-0.15, -0.1) is 0 Å². The fraction of sp³-hybridized carbons (Fsp3) is 0.292. The van der Waals surface area contributed by atoms with E-state index in [9.17, 15) is 4.79 Å². The lowest BCUT2D eigenvalue weighted by molar-refractivity contribution is -0.134. The first-order valence-electron chi connectivity index (χ1n) is 9.74. The summed E-state index contributed by atoms with van der Waals surface area (Å²) in [6, 6.07) is 16.8. The van der Waals surface area contributed by atoms with Crippen molar-refractivity contribution < 1.29 is 9.53 Å². The SMILES string of the molecule is CCN(CCc1c(C)[nH]c2ccccc12)Cc1ccc(/C=C/C(=O)OC)cc1. The Bertz CT molecular complexity index is 954. The van der Waals surface area contributed by atoms with E-state index in [2.05, 4.69) is 64.9 Å². The van der Waals surface area contributed by atoms with E-state index in [1.54, 1.807) is 6.08 Å². The maximum Gasteiger partial charge on any atom is 0.330 e. The molecule has 0 bridgehead atoms. The van der Waals surface area contributed by atoms with Gasteiger partial charge in [0.05, 0.1) is 7.11 Å². The minimum Gasteiger partial charge on any atom is -0.466 e. The summed E-state index contributed by atoms with van der Waals surface area (Å²) in [7, 11) is 1.38. The van der Waals surface area contributed by atoms with Crippen molar-refractivity contribution in [3.05, 3.63) is 77.0 Å². The van der Waals surface area contributed by atoms with Gasteiger partial charge in [0, 0.05) is 35.8 Å². The average molecular weight is 377 g/mol. The van der Waals surface area contributed by atoms with E-state index in [-0.39, 0.29) is 5.97 Å². The monoisotopic (exact) mass is 376 g/mol. The van der Waals surface area contributed by atoms with Crippen LogP contribution < -0.4 is 0 Å². The molecular formula is C24H28N2O2. The summed E-state index contributed by atoms with van der Waals surface area (Å²) in [5.74, 6) is -0.339. The number of ether oxygens (including phenoxy) is 1. The topological polar surface area (TPSA) is 45.3 Å². The molecule has 0 amide bonds. The highest BCUT2D eigenvalue weighted by atomic mass is 16.5. The lowest BCUT2D eigenvalue weighted by Crippen LogP contribution is -2.25. The highest BCUT2D eigenvalue weighted by Crippen LogP contribution is 2.22. The first-order chi connectivity index (χ1) is 13.6. The molecule has 0 atom stereocenters. The van der Waals surface area contributed by atoms with Crippen LogP contribution in [0.2, 0.25) is 0 Å². The number of aromatic amines is 1. The molecule has 0 aliphatic heterocycles. The first-order valence-corrected chi connectivity index (χ1v) is 9.74. The molecule has 4 nitrogen and oxygen atoms in total. The van der Waals surface area contributed by atoms with Gasteiger partial charge in [-0.2, -0.15) is 0 Å². The maximum atomic E-state index is 11.2. The largest absolute Gasteiger partial charge is 0.466 e. The predicted molar refractivity (Wildman–Crippen MR) is 115 cm³/mol. The molecule has 0 unspecified atom stereocenters. The quantitative estimate of drug-likeness (QED) is 0.457. The standard InChI is InChI=1S/C24H28N2O2/c1-4-26(16-15-21-18(2)25-23-8-6-5-7-22(21)23)17-20-11-9-19(10-12-20)13-14-24(27)28-3/h5-14,25H,4,15-17H2,1-3H3/b14-13+. The van der Waals surface area contributed by atoms with Crippen molar-refractivity contribution in [1.29, 1.82) is 0 Å². The number of nitrogens with one attached hydrogen (secondary N) is 1. The number of para-hydroxylation sites is 1. The molecule has 1 heterocycles. The Balaban J connectivity index is 1.62. The van der Waals surface area contributed by atoms with Crippen molar-refractivity contribution in [2.45, 2.75) is 26.8 Å². The normalized spacial score (nSPS) is 11.6. The Morgan fingerprint density at radius 1 is 1.14 bits per heavy atom. The Labute approximate surface area is 166 Å². The second kappa shape index (κ2) is 9.38. The number of aryl methyl sites for hydroxylation is 1. The van der Waals surface area contributed by atoms with Crippen molar-refractivity contribution >= 4 is 22.9 Å². The average Bonchev–Trinajstić information content (AvgIpc) is 3.05. The Morgan fingerprint density at radius 3 is 2.61 bits per heavy atom. The number of carbonyl (C=O) groups is 1. The highest BCUT2D eigenvalue weighted by molar-refractivity contribution is 5.87. The maximum absolute atomic E-state index is 11.2. The van der Waals surface area contributed by atoms with Crippen LogP contribution in [-0.4, -0.2) is 36.1 Å². The molecule has 146 valence electrons. The summed E-state index contributed by atoms with van der Waals surface area (Å²) in [5, 5.41) is 1.33. The van der Waals surface area contributed by atoms with Gasteiger partial charge in [-0.1, -0.05) is 49.4 Å². The molecule has 28 heavy (non-hydrogen) atoms. The molecule has 0 saturated heterocycles. The van der Waals surface area contributed by atoms with Crippen LogP contribution in [0.4, 0.5) is 0 Å². The van der Waals surface area contributed by atoms with Crippen LogP contribution in [0.15, 0.2) is 54.6 Å². The number of H-pyrrole nitrogens is 1. The summed E-state index contributed by atoms with van der Waals surface area (Å²) in [6.07, 6.45) is 4.24. The lowest BCUT2D eigenvalue weighted by Gasteiger charge is -2.20. The third-order valence-corrected chi connectivity index (χ3v) is 5.15. The molecular weight excluding hydrogens is 348 g/mol. The van der Waals surface area contributed by atoms with E-state index in [1.165, 1.54) is 40.9 Å². The summed E-state index contributed by atoms with van der Waals surface area (Å²) in [4.78, 5) is 17.1. The van der Waals surface area contributed by atoms with Gasteiger partial charge in [0.25, 0.3) is 0 Å². The van der Waals surface area contributed by atoms with Crippen molar-refractivity contribution in [3.63, 3.8) is 0 Å². The van der Waals surface area contributed by atoms with E-state index >= 15 is 0 Å². The molecule has 0 saturated carbocycles. The summed E-state index contributed by atoms with van der Waals surface area (Å²) in [5.41, 5.74) is 6.16. The number of esters is 1. The number of fused-ring (bicyclic) bond motifs is 1. The summed E-state index contributed by atoms with van der Waals surface area (Å²) in [6.45, 7) is 7.30. The van der Waals surface area contributed by atoms with Crippen molar-refractivity contribution in [2.24, 2.45) is 0 Å². The number of aromatic nitrogens is 1. The smallest absolute Gasteiger partial charge is 0.330 e. The summed E-state index contributed by atoms with van der Waals surface area (Å²) < 4.78 is 4.62. The van der Waals surface area contributed by atoms with Gasteiger partial charge in [-0.3, -0.25) is 4.90 Å². The molecule has 0 spiro atoms. The number of nitrogens with zero attached hydrogens (tertiary/aromatic N) is 1. The van der Waals surface area contributed by atoms with Crippen LogP contribution in [0, 0.1) is 6.92 Å². The lowest BCUT2D eigenvalue weighted by atomic mass is 10.1. The molecule has 3 rings (SSSR count). The van der Waals surface area contributed by atoms with Gasteiger partial charge in [-0.05, 0) is 48.7 Å². The Morgan fingerprint density at radius 2 is 1.89 bits per heavy atom. The second-order valence-corrected chi connectivity index (χ2v) is 6.99. The van der Waals surface area contributed by atoms with E-state index < -0.39 is 0 Å². The van der Waals surface area contributed by atoms with E-state index in [1.807, 2.05) is 12.1 Å². The molecule has 0 aliphatic carbocycles. The van der Waals surface area contributed by atoms with Crippen molar-refractivity contribution in [2.75, 3.05) is 20.2 Å². The van der Waals surface area contributed by atoms with Crippen LogP contribution in [0.5, 0.6) is 0 Å². The predicted octanol–water partition coefficient (Wildman–Crippen LogP) is 4.73. The Hall–Kier alpha value is -2.85. The summed E-state index contributed by atoms with van der Waals surface area (Å²) >= 11 is 0. The second-order valence-electron chi connectivity index (χ2n) is 6.99. The van der Waals surface area contributed by atoms with Crippen LogP contribution >= 0.6 is 0 Å². The molecule has 1 N–H and O–H groups in total.